The summed E-state index contributed by atoms with van der Waals surface area (Å²) >= 11 is 0. The summed E-state index contributed by atoms with van der Waals surface area (Å²) in [5, 5.41) is 12.6. The third-order valence-corrected chi connectivity index (χ3v) is 3.11. The molecule has 0 amide bonds. The molecule has 2 unspecified atom stereocenters. The molecule has 0 aliphatic rings. The number of hydrogen-bond acceptors (Lipinski definition) is 4. The molecular weight excluding hydrogens is 216 g/mol. The van der Waals surface area contributed by atoms with Gasteiger partial charge in [0.2, 0.25) is 0 Å². The van der Waals surface area contributed by atoms with Crippen LogP contribution in [-0.4, -0.2) is 62.0 Å². The average molecular weight is 246 g/mol. The minimum Gasteiger partial charge on any atom is -0.395 e. The molecule has 0 fully saturated rings. The second kappa shape index (κ2) is 11.0. The normalized spacial score (nSPS) is 15.2. The van der Waals surface area contributed by atoms with Crippen LogP contribution >= 0.6 is 0 Å². The van der Waals surface area contributed by atoms with Gasteiger partial charge >= 0.3 is 0 Å². The van der Waals surface area contributed by atoms with Crippen molar-refractivity contribution in [1.29, 1.82) is 0 Å². The number of aliphatic hydroxyl groups is 1. The van der Waals surface area contributed by atoms with Crippen molar-refractivity contribution in [2.45, 2.75) is 45.7 Å². The lowest BCUT2D eigenvalue weighted by Crippen LogP contribution is -2.41. The van der Waals surface area contributed by atoms with E-state index in [9.17, 15) is 5.11 Å². The Bertz CT molecular complexity index is 167. The van der Waals surface area contributed by atoms with Crippen molar-refractivity contribution >= 4 is 0 Å². The van der Waals surface area contributed by atoms with E-state index in [1.807, 2.05) is 0 Å². The molecular formula is C13H30N2O2. The van der Waals surface area contributed by atoms with Crippen LogP contribution in [0.2, 0.25) is 0 Å². The second-order valence-corrected chi connectivity index (χ2v) is 4.56. The molecule has 2 N–H and O–H groups in total. The van der Waals surface area contributed by atoms with Crippen LogP contribution in [0.4, 0.5) is 0 Å². The number of nitrogens with one attached hydrogen (secondary N) is 1. The first-order chi connectivity index (χ1) is 8.19. The monoisotopic (exact) mass is 246 g/mol. The Morgan fingerprint density at radius 1 is 1.35 bits per heavy atom. The highest BCUT2D eigenvalue weighted by Gasteiger charge is 2.14. The smallest absolute Gasteiger partial charge is 0.0615 e. The van der Waals surface area contributed by atoms with E-state index in [0.29, 0.717) is 6.04 Å². The lowest BCUT2D eigenvalue weighted by atomic mass is 10.2. The summed E-state index contributed by atoms with van der Waals surface area (Å²) in [6.07, 6.45) is 2.09. The Kier molecular flexibility index (Phi) is 10.9. The van der Waals surface area contributed by atoms with E-state index < -0.39 is 0 Å². The van der Waals surface area contributed by atoms with Crippen molar-refractivity contribution in [1.82, 2.24) is 10.2 Å². The molecule has 2 atom stereocenters. The van der Waals surface area contributed by atoms with E-state index in [0.717, 1.165) is 39.1 Å². The number of aliphatic hydroxyl groups excluding tert-OH is 1. The predicted octanol–water partition coefficient (Wildman–Crippen LogP) is 1.09. The zero-order valence-corrected chi connectivity index (χ0v) is 11.9. The van der Waals surface area contributed by atoms with Gasteiger partial charge in [-0.25, -0.2) is 0 Å². The third-order valence-electron chi connectivity index (χ3n) is 3.11. The van der Waals surface area contributed by atoms with Gasteiger partial charge in [-0.05, 0) is 32.9 Å². The van der Waals surface area contributed by atoms with Gasteiger partial charge in [-0.1, -0.05) is 13.8 Å². The predicted molar refractivity (Wildman–Crippen MR) is 72.4 cm³/mol. The van der Waals surface area contributed by atoms with Crippen molar-refractivity contribution in [3.8, 4) is 0 Å². The molecule has 0 aliphatic carbocycles. The molecule has 0 rings (SSSR count). The van der Waals surface area contributed by atoms with Crippen molar-refractivity contribution in [3.63, 3.8) is 0 Å². The van der Waals surface area contributed by atoms with Gasteiger partial charge in [0.05, 0.1) is 13.2 Å². The SMILES string of the molecule is CCCNC(CO)CCN(CC)C(C)COC. The second-order valence-electron chi connectivity index (χ2n) is 4.56. The van der Waals surface area contributed by atoms with Crippen LogP contribution in [0.3, 0.4) is 0 Å². The summed E-state index contributed by atoms with van der Waals surface area (Å²) in [6.45, 7) is 10.5. The first kappa shape index (κ1) is 16.8. The van der Waals surface area contributed by atoms with E-state index in [2.05, 4.69) is 31.0 Å². The van der Waals surface area contributed by atoms with Gasteiger partial charge in [0.1, 0.15) is 0 Å². The molecule has 0 aromatic heterocycles. The fourth-order valence-electron chi connectivity index (χ4n) is 1.96. The van der Waals surface area contributed by atoms with Crippen LogP contribution in [0, 0.1) is 0 Å². The Balaban J connectivity index is 3.93. The fourth-order valence-corrected chi connectivity index (χ4v) is 1.96. The van der Waals surface area contributed by atoms with Gasteiger partial charge in [-0.3, -0.25) is 4.90 Å². The van der Waals surface area contributed by atoms with E-state index >= 15 is 0 Å². The highest BCUT2D eigenvalue weighted by molar-refractivity contribution is 4.71. The van der Waals surface area contributed by atoms with Gasteiger partial charge in [-0.15, -0.1) is 0 Å². The quantitative estimate of drug-likeness (QED) is 0.573. The molecule has 0 aromatic rings. The topological polar surface area (TPSA) is 44.7 Å². The molecule has 0 bridgehead atoms. The molecule has 0 spiro atoms. The summed E-state index contributed by atoms with van der Waals surface area (Å²) in [5.74, 6) is 0. The molecule has 4 nitrogen and oxygen atoms in total. The fraction of sp³-hybridized carbons (Fsp3) is 1.00. The lowest BCUT2D eigenvalue weighted by molar-refractivity contribution is 0.0970. The van der Waals surface area contributed by atoms with Crippen LogP contribution in [0.1, 0.15) is 33.6 Å². The maximum atomic E-state index is 9.27. The molecule has 0 aliphatic heterocycles. The number of methoxy groups -OCH3 is 1. The molecule has 0 aromatic carbocycles. The summed E-state index contributed by atoms with van der Waals surface area (Å²) in [4.78, 5) is 2.39. The van der Waals surface area contributed by atoms with Gasteiger partial charge < -0.3 is 15.2 Å². The Morgan fingerprint density at radius 2 is 2.06 bits per heavy atom. The number of likely N-dealkylation sites (N-methyl/N-ethyl adjacent to an activating group) is 1. The highest BCUT2D eigenvalue weighted by atomic mass is 16.5. The molecule has 17 heavy (non-hydrogen) atoms. The zero-order chi connectivity index (χ0) is 13.1. The summed E-state index contributed by atoms with van der Waals surface area (Å²) < 4.78 is 5.18. The molecule has 0 saturated heterocycles. The molecule has 4 heteroatoms. The summed E-state index contributed by atoms with van der Waals surface area (Å²) in [6, 6.07) is 0.661. The Labute approximate surface area is 106 Å². The van der Waals surface area contributed by atoms with Crippen LogP contribution in [0.25, 0.3) is 0 Å². The van der Waals surface area contributed by atoms with Gasteiger partial charge in [0.15, 0.2) is 0 Å². The van der Waals surface area contributed by atoms with E-state index in [1.165, 1.54) is 0 Å². The van der Waals surface area contributed by atoms with Crippen LogP contribution in [-0.2, 0) is 4.74 Å². The van der Waals surface area contributed by atoms with Gasteiger partial charge in [0.25, 0.3) is 0 Å². The van der Waals surface area contributed by atoms with E-state index in [1.54, 1.807) is 7.11 Å². The van der Waals surface area contributed by atoms with Crippen LogP contribution in [0.5, 0.6) is 0 Å². The largest absolute Gasteiger partial charge is 0.395 e. The van der Waals surface area contributed by atoms with Gasteiger partial charge in [0, 0.05) is 25.7 Å². The number of ether oxygens (including phenoxy) is 1. The standard InChI is InChI=1S/C13H30N2O2/c1-5-8-14-13(10-16)7-9-15(6-2)12(3)11-17-4/h12-14,16H,5-11H2,1-4H3. The summed E-state index contributed by atoms with van der Waals surface area (Å²) in [7, 11) is 1.74. The Morgan fingerprint density at radius 3 is 2.53 bits per heavy atom. The minimum absolute atomic E-state index is 0.218. The molecule has 104 valence electrons. The molecule has 0 heterocycles. The van der Waals surface area contributed by atoms with Crippen molar-refractivity contribution < 1.29 is 9.84 Å². The lowest BCUT2D eigenvalue weighted by Gasteiger charge is -2.29. The van der Waals surface area contributed by atoms with Crippen molar-refractivity contribution in [2.24, 2.45) is 0 Å². The number of rotatable bonds is 11. The minimum atomic E-state index is 0.218. The average Bonchev–Trinajstić information content (AvgIpc) is 2.34. The highest BCUT2D eigenvalue weighted by Crippen LogP contribution is 2.03. The van der Waals surface area contributed by atoms with Crippen LogP contribution in [0.15, 0.2) is 0 Å². The van der Waals surface area contributed by atoms with Crippen molar-refractivity contribution in [3.05, 3.63) is 0 Å². The summed E-state index contributed by atoms with van der Waals surface area (Å²) in [5.41, 5.74) is 0. The maximum absolute atomic E-state index is 9.27. The van der Waals surface area contributed by atoms with Gasteiger partial charge in [-0.2, -0.15) is 0 Å². The van der Waals surface area contributed by atoms with E-state index in [-0.39, 0.29) is 12.6 Å². The third kappa shape index (κ3) is 7.71. The first-order valence-electron chi connectivity index (χ1n) is 6.76. The first-order valence-corrected chi connectivity index (χ1v) is 6.76. The number of nitrogens with zero attached hydrogens (tertiary/aromatic N) is 1. The van der Waals surface area contributed by atoms with E-state index in [4.69, 9.17) is 4.74 Å². The van der Waals surface area contributed by atoms with Crippen LogP contribution < -0.4 is 5.32 Å². The number of hydrogen-bond donors (Lipinski definition) is 2. The van der Waals surface area contributed by atoms with Crippen molar-refractivity contribution in [2.75, 3.05) is 40.0 Å². The zero-order valence-electron chi connectivity index (χ0n) is 11.9. The maximum Gasteiger partial charge on any atom is 0.0615 e. The molecule has 0 radical (unpaired) electrons. The Hall–Kier alpha value is -0.160. The molecule has 0 saturated carbocycles.